The molecule has 1 aromatic rings. The second-order valence-electron chi connectivity index (χ2n) is 4.78. The Kier molecular flexibility index (Phi) is 5.16. The van der Waals surface area contributed by atoms with Crippen molar-refractivity contribution in [2.24, 2.45) is 5.73 Å². The number of nitrogens with zero attached hydrogens (tertiary/aromatic N) is 1. The summed E-state index contributed by atoms with van der Waals surface area (Å²) in [6.07, 6.45) is 0.632. The van der Waals surface area contributed by atoms with Crippen molar-refractivity contribution in [3.63, 3.8) is 0 Å². The zero-order valence-electron chi connectivity index (χ0n) is 11.4. The summed E-state index contributed by atoms with van der Waals surface area (Å²) < 4.78 is 0. The molecule has 0 aliphatic heterocycles. The van der Waals surface area contributed by atoms with Crippen molar-refractivity contribution in [1.82, 2.24) is 5.32 Å². The number of hydrogen-bond donors (Lipinski definition) is 2. The maximum absolute atomic E-state index is 11.8. The van der Waals surface area contributed by atoms with Crippen molar-refractivity contribution < 1.29 is 4.79 Å². The van der Waals surface area contributed by atoms with Crippen LogP contribution in [0.1, 0.15) is 20.3 Å². The van der Waals surface area contributed by atoms with Crippen LogP contribution in [0.3, 0.4) is 0 Å². The average molecular weight is 249 g/mol. The van der Waals surface area contributed by atoms with Gasteiger partial charge in [0.2, 0.25) is 5.91 Å². The number of carbonyl (C=O) groups is 1. The minimum absolute atomic E-state index is 0.0912. The van der Waals surface area contributed by atoms with Crippen LogP contribution in [0.25, 0.3) is 0 Å². The van der Waals surface area contributed by atoms with Crippen LogP contribution in [-0.4, -0.2) is 31.6 Å². The van der Waals surface area contributed by atoms with E-state index in [4.69, 9.17) is 5.73 Å². The van der Waals surface area contributed by atoms with Crippen molar-refractivity contribution in [1.29, 1.82) is 0 Å². The first-order chi connectivity index (χ1) is 8.47. The molecule has 0 saturated heterocycles. The van der Waals surface area contributed by atoms with E-state index in [1.165, 1.54) is 0 Å². The number of likely N-dealkylation sites (N-methyl/N-ethyl adjacent to an activating group) is 1. The molecule has 3 N–H and O–H groups in total. The maximum atomic E-state index is 11.8. The molecular weight excluding hydrogens is 226 g/mol. The van der Waals surface area contributed by atoms with Gasteiger partial charge in [-0.1, -0.05) is 25.1 Å². The van der Waals surface area contributed by atoms with E-state index in [9.17, 15) is 4.79 Å². The molecule has 0 aromatic heterocycles. The molecule has 1 atom stereocenters. The Hall–Kier alpha value is -1.55. The lowest BCUT2D eigenvalue weighted by molar-refractivity contribution is -0.125. The fraction of sp³-hybridized carbons (Fsp3) is 0.500. The molecule has 0 aliphatic rings. The van der Waals surface area contributed by atoms with Crippen molar-refractivity contribution in [2.45, 2.75) is 25.8 Å². The topological polar surface area (TPSA) is 58.4 Å². The zero-order valence-corrected chi connectivity index (χ0v) is 11.4. The van der Waals surface area contributed by atoms with E-state index < -0.39 is 5.54 Å². The number of benzene rings is 1. The van der Waals surface area contributed by atoms with Crippen LogP contribution in [0.15, 0.2) is 30.3 Å². The molecule has 4 heteroatoms. The Balaban J connectivity index is 2.37. The summed E-state index contributed by atoms with van der Waals surface area (Å²) in [6.45, 7) is 5.02. The molecule has 0 spiro atoms. The normalized spacial score (nSPS) is 13.8. The lowest BCUT2D eigenvalue weighted by Crippen LogP contribution is -2.52. The minimum Gasteiger partial charge on any atom is -0.373 e. The molecule has 1 unspecified atom stereocenters. The number of carbonyl (C=O) groups excluding carboxylic acids is 1. The fourth-order valence-corrected chi connectivity index (χ4v) is 1.51. The molecule has 0 saturated carbocycles. The Labute approximate surface area is 109 Å². The van der Waals surface area contributed by atoms with Crippen molar-refractivity contribution in [3.05, 3.63) is 30.3 Å². The van der Waals surface area contributed by atoms with Crippen LogP contribution in [0, 0.1) is 0 Å². The largest absolute Gasteiger partial charge is 0.373 e. The number of para-hydroxylation sites is 1. The predicted molar refractivity (Wildman–Crippen MR) is 75.6 cm³/mol. The smallest absolute Gasteiger partial charge is 0.239 e. The number of rotatable bonds is 6. The van der Waals surface area contributed by atoms with Gasteiger partial charge in [-0.25, -0.2) is 0 Å². The minimum atomic E-state index is -0.773. The van der Waals surface area contributed by atoms with Crippen molar-refractivity contribution >= 4 is 11.6 Å². The molecular formula is C14H23N3O. The molecule has 1 rings (SSSR count). The third-order valence-corrected chi connectivity index (χ3v) is 3.18. The molecule has 18 heavy (non-hydrogen) atoms. The number of nitrogens with two attached hydrogens (primary N) is 1. The summed E-state index contributed by atoms with van der Waals surface area (Å²) in [6, 6.07) is 10.1. The Morgan fingerprint density at radius 1 is 1.39 bits per heavy atom. The van der Waals surface area contributed by atoms with E-state index in [1.54, 1.807) is 6.92 Å². The van der Waals surface area contributed by atoms with Gasteiger partial charge in [0, 0.05) is 25.8 Å². The first-order valence-corrected chi connectivity index (χ1v) is 6.30. The quantitative estimate of drug-likeness (QED) is 0.800. The lowest BCUT2D eigenvalue weighted by Gasteiger charge is -2.23. The van der Waals surface area contributed by atoms with E-state index in [1.807, 2.05) is 44.3 Å². The highest BCUT2D eigenvalue weighted by Crippen LogP contribution is 2.10. The number of amides is 1. The standard InChI is InChI=1S/C14H23N3O/c1-4-14(2,15)13(18)16-10-11-17(3)12-8-6-5-7-9-12/h5-9H,4,10-11,15H2,1-3H3,(H,16,18). The van der Waals surface area contributed by atoms with Gasteiger partial charge < -0.3 is 16.0 Å². The predicted octanol–water partition coefficient (Wildman–Crippen LogP) is 1.37. The summed E-state index contributed by atoms with van der Waals surface area (Å²) >= 11 is 0. The van der Waals surface area contributed by atoms with E-state index in [-0.39, 0.29) is 5.91 Å². The third kappa shape index (κ3) is 4.04. The second-order valence-corrected chi connectivity index (χ2v) is 4.78. The van der Waals surface area contributed by atoms with Crippen LogP contribution < -0.4 is 16.0 Å². The van der Waals surface area contributed by atoms with E-state index >= 15 is 0 Å². The van der Waals surface area contributed by atoms with E-state index in [0.717, 1.165) is 12.2 Å². The summed E-state index contributed by atoms with van der Waals surface area (Å²) in [5.41, 5.74) is 6.23. The van der Waals surface area contributed by atoms with Gasteiger partial charge in [0.05, 0.1) is 5.54 Å². The molecule has 0 radical (unpaired) electrons. The molecule has 0 aliphatic carbocycles. The van der Waals surface area contributed by atoms with Gasteiger partial charge in [0.1, 0.15) is 0 Å². The highest BCUT2D eigenvalue weighted by atomic mass is 16.2. The molecule has 4 nitrogen and oxygen atoms in total. The van der Waals surface area contributed by atoms with Gasteiger partial charge in [0.15, 0.2) is 0 Å². The zero-order chi connectivity index (χ0) is 13.6. The van der Waals surface area contributed by atoms with Gasteiger partial charge in [-0.05, 0) is 25.5 Å². The van der Waals surface area contributed by atoms with E-state index in [2.05, 4.69) is 10.2 Å². The van der Waals surface area contributed by atoms with Crippen LogP contribution in [0.4, 0.5) is 5.69 Å². The van der Waals surface area contributed by atoms with Crippen LogP contribution in [-0.2, 0) is 4.79 Å². The first-order valence-electron chi connectivity index (χ1n) is 6.30. The highest BCUT2D eigenvalue weighted by Gasteiger charge is 2.25. The Bertz CT molecular complexity index is 376. The van der Waals surface area contributed by atoms with Crippen LogP contribution >= 0.6 is 0 Å². The lowest BCUT2D eigenvalue weighted by atomic mass is 10.00. The van der Waals surface area contributed by atoms with Gasteiger partial charge in [-0.2, -0.15) is 0 Å². The fourth-order valence-electron chi connectivity index (χ4n) is 1.51. The van der Waals surface area contributed by atoms with Gasteiger partial charge in [-0.15, -0.1) is 0 Å². The molecule has 0 bridgehead atoms. The van der Waals surface area contributed by atoms with Gasteiger partial charge >= 0.3 is 0 Å². The van der Waals surface area contributed by atoms with Crippen molar-refractivity contribution in [2.75, 3.05) is 25.0 Å². The summed E-state index contributed by atoms with van der Waals surface area (Å²) in [7, 11) is 2.00. The molecule has 0 fully saturated rings. The number of nitrogens with one attached hydrogen (secondary N) is 1. The van der Waals surface area contributed by atoms with Crippen LogP contribution in [0.5, 0.6) is 0 Å². The third-order valence-electron chi connectivity index (χ3n) is 3.18. The summed E-state index contributed by atoms with van der Waals surface area (Å²) in [5, 5.41) is 2.87. The van der Waals surface area contributed by atoms with Gasteiger partial charge in [0.25, 0.3) is 0 Å². The molecule has 1 aromatic carbocycles. The monoisotopic (exact) mass is 249 g/mol. The first kappa shape index (κ1) is 14.5. The van der Waals surface area contributed by atoms with Gasteiger partial charge in [-0.3, -0.25) is 4.79 Å². The van der Waals surface area contributed by atoms with Crippen LogP contribution in [0.2, 0.25) is 0 Å². The Morgan fingerprint density at radius 3 is 2.56 bits per heavy atom. The SMILES string of the molecule is CCC(C)(N)C(=O)NCCN(C)c1ccccc1. The highest BCUT2D eigenvalue weighted by molar-refractivity contribution is 5.85. The van der Waals surface area contributed by atoms with E-state index in [0.29, 0.717) is 13.0 Å². The molecule has 1 amide bonds. The number of hydrogen-bond acceptors (Lipinski definition) is 3. The number of anilines is 1. The molecule has 0 heterocycles. The van der Waals surface area contributed by atoms with Crippen molar-refractivity contribution in [3.8, 4) is 0 Å². The second kappa shape index (κ2) is 6.40. The average Bonchev–Trinajstić information content (AvgIpc) is 2.39. The molecule has 100 valence electrons. The summed E-state index contributed by atoms with van der Waals surface area (Å²) in [5.74, 6) is -0.0912. The maximum Gasteiger partial charge on any atom is 0.239 e. The Morgan fingerprint density at radius 2 is 2.00 bits per heavy atom. The summed E-state index contributed by atoms with van der Waals surface area (Å²) in [4.78, 5) is 13.9.